The summed E-state index contributed by atoms with van der Waals surface area (Å²) in [4.78, 5) is 13.2. The first kappa shape index (κ1) is 12.8. The van der Waals surface area contributed by atoms with Crippen molar-refractivity contribution in [3.8, 4) is 0 Å². The van der Waals surface area contributed by atoms with Gasteiger partial charge in [0.05, 0.1) is 0 Å². The highest BCUT2D eigenvalue weighted by molar-refractivity contribution is 6.12. The summed E-state index contributed by atoms with van der Waals surface area (Å²) < 4.78 is 6.29. The van der Waals surface area contributed by atoms with E-state index in [1.54, 1.807) is 0 Å². The molecule has 2 nitrogen and oxygen atoms in total. The zero-order valence-corrected chi connectivity index (χ0v) is 12.4. The molecule has 0 saturated carbocycles. The van der Waals surface area contributed by atoms with Gasteiger partial charge >= 0.3 is 0 Å². The highest BCUT2D eigenvalue weighted by Gasteiger charge is 2.81. The van der Waals surface area contributed by atoms with Crippen LogP contribution in [0.25, 0.3) is 0 Å². The van der Waals surface area contributed by atoms with E-state index in [9.17, 15) is 4.79 Å². The molecule has 2 aliphatic rings. The van der Waals surface area contributed by atoms with Crippen LogP contribution in [0, 0.1) is 0 Å². The van der Waals surface area contributed by atoms with Crippen molar-refractivity contribution in [3.63, 3.8) is 0 Å². The molecule has 110 valence electrons. The van der Waals surface area contributed by atoms with Crippen LogP contribution in [0.3, 0.4) is 0 Å². The summed E-state index contributed by atoms with van der Waals surface area (Å²) in [6.45, 7) is 0. The third-order valence-corrected chi connectivity index (χ3v) is 4.99. The van der Waals surface area contributed by atoms with Gasteiger partial charge in [-0.1, -0.05) is 84.9 Å². The maximum Gasteiger partial charge on any atom is 0.203 e. The van der Waals surface area contributed by atoms with Gasteiger partial charge in [-0.05, 0) is 11.1 Å². The molecule has 0 bridgehead atoms. The molecule has 1 aliphatic carbocycles. The van der Waals surface area contributed by atoms with Gasteiger partial charge in [-0.25, -0.2) is 0 Å². The molecule has 3 aromatic rings. The van der Waals surface area contributed by atoms with E-state index < -0.39 is 11.2 Å². The second kappa shape index (κ2) is 4.18. The van der Waals surface area contributed by atoms with E-state index in [0.29, 0.717) is 0 Å². The van der Waals surface area contributed by atoms with Gasteiger partial charge in [0, 0.05) is 11.1 Å². The monoisotopic (exact) mass is 298 g/mol. The lowest BCUT2D eigenvalue weighted by molar-refractivity contribution is 0.0868. The van der Waals surface area contributed by atoms with Crippen LogP contribution in [0.4, 0.5) is 0 Å². The molecule has 3 aromatic carbocycles. The van der Waals surface area contributed by atoms with Gasteiger partial charge < -0.3 is 4.74 Å². The van der Waals surface area contributed by atoms with Crippen molar-refractivity contribution in [2.24, 2.45) is 0 Å². The van der Waals surface area contributed by atoms with E-state index in [4.69, 9.17) is 4.74 Å². The van der Waals surface area contributed by atoms with Crippen LogP contribution >= 0.6 is 0 Å². The molecule has 0 spiro atoms. The fourth-order valence-electron chi connectivity index (χ4n) is 3.99. The molecular weight excluding hydrogens is 284 g/mol. The zero-order valence-electron chi connectivity index (χ0n) is 12.4. The summed E-state index contributed by atoms with van der Waals surface area (Å²) in [5, 5.41) is 0. The van der Waals surface area contributed by atoms with Crippen molar-refractivity contribution in [1.82, 2.24) is 0 Å². The average molecular weight is 298 g/mol. The number of carbonyl (C=O) groups excluding carboxylic acids is 1. The first-order valence-electron chi connectivity index (χ1n) is 7.76. The molecule has 0 unspecified atom stereocenters. The number of ketones is 1. The van der Waals surface area contributed by atoms with Crippen molar-refractivity contribution in [3.05, 3.63) is 107 Å². The van der Waals surface area contributed by atoms with Crippen LogP contribution < -0.4 is 0 Å². The largest absolute Gasteiger partial charge is 0.338 e. The van der Waals surface area contributed by atoms with Gasteiger partial charge in [0.25, 0.3) is 0 Å². The Hall–Kier alpha value is -2.71. The SMILES string of the molecule is O=C1c2ccccc2[C@]2(c3ccccc3)O[C@]12c1ccccc1. The van der Waals surface area contributed by atoms with Gasteiger partial charge in [0.2, 0.25) is 5.78 Å². The summed E-state index contributed by atoms with van der Waals surface area (Å²) in [5.41, 5.74) is 2.08. The molecule has 1 heterocycles. The van der Waals surface area contributed by atoms with Crippen LogP contribution in [0.2, 0.25) is 0 Å². The Morgan fingerprint density at radius 1 is 0.609 bits per heavy atom. The topological polar surface area (TPSA) is 29.6 Å². The van der Waals surface area contributed by atoms with Crippen molar-refractivity contribution in [2.45, 2.75) is 11.2 Å². The van der Waals surface area contributed by atoms with E-state index in [0.717, 1.165) is 22.3 Å². The van der Waals surface area contributed by atoms with Gasteiger partial charge in [-0.15, -0.1) is 0 Å². The minimum absolute atomic E-state index is 0.0585. The molecule has 1 saturated heterocycles. The number of fused-ring (bicyclic) bond motifs is 3. The third-order valence-electron chi connectivity index (χ3n) is 4.99. The number of Topliss-reactive ketones (excluding diaryl/α,β-unsaturated/α-hetero) is 1. The van der Waals surface area contributed by atoms with Crippen molar-refractivity contribution >= 4 is 5.78 Å². The summed E-state index contributed by atoms with van der Waals surface area (Å²) in [6.07, 6.45) is 0. The Balaban J connectivity index is 1.83. The molecule has 0 amide bonds. The molecule has 5 rings (SSSR count). The predicted octanol–water partition coefficient (Wildman–Crippen LogP) is 4.05. The quantitative estimate of drug-likeness (QED) is 0.668. The molecule has 0 N–H and O–H groups in total. The first-order valence-corrected chi connectivity index (χ1v) is 7.76. The van der Waals surface area contributed by atoms with Gasteiger partial charge in [0.1, 0.15) is 0 Å². The van der Waals surface area contributed by atoms with E-state index in [-0.39, 0.29) is 5.78 Å². The molecule has 2 heteroatoms. The number of hydrogen-bond acceptors (Lipinski definition) is 2. The number of carbonyl (C=O) groups is 1. The van der Waals surface area contributed by atoms with Gasteiger partial charge in [-0.3, -0.25) is 4.79 Å². The molecule has 23 heavy (non-hydrogen) atoms. The second-order valence-corrected chi connectivity index (χ2v) is 6.07. The molecular formula is C21H14O2. The van der Waals surface area contributed by atoms with Crippen molar-refractivity contribution in [1.29, 1.82) is 0 Å². The lowest BCUT2D eigenvalue weighted by Gasteiger charge is -2.13. The van der Waals surface area contributed by atoms with Gasteiger partial charge in [0.15, 0.2) is 11.2 Å². The highest BCUT2D eigenvalue weighted by Crippen LogP contribution is 2.71. The Kier molecular flexibility index (Phi) is 2.33. The van der Waals surface area contributed by atoms with Crippen LogP contribution in [0.5, 0.6) is 0 Å². The van der Waals surface area contributed by atoms with Crippen LogP contribution in [0.15, 0.2) is 84.9 Å². The fourth-order valence-corrected chi connectivity index (χ4v) is 3.99. The van der Waals surface area contributed by atoms with Gasteiger partial charge in [-0.2, -0.15) is 0 Å². The summed E-state index contributed by atoms with van der Waals surface area (Å²) >= 11 is 0. The number of rotatable bonds is 2. The lowest BCUT2D eigenvalue weighted by atomic mass is 9.81. The summed E-state index contributed by atoms with van der Waals surface area (Å²) in [5.74, 6) is 0.0585. The second-order valence-electron chi connectivity index (χ2n) is 6.07. The third kappa shape index (κ3) is 1.35. The molecule has 0 radical (unpaired) electrons. The first-order chi connectivity index (χ1) is 11.3. The number of hydrogen-bond donors (Lipinski definition) is 0. The van der Waals surface area contributed by atoms with E-state index >= 15 is 0 Å². The smallest absolute Gasteiger partial charge is 0.203 e. The van der Waals surface area contributed by atoms with E-state index in [1.165, 1.54) is 0 Å². The Morgan fingerprint density at radius 2 is 1.13 bits per heavy atom. The standard InChI is InChI=1S/C21H14O2/c22-19-17-13-7-8-14-18(17)20(15-9-3-1-4-10-15)21(19,23-20)16-11-5-2-6-12-16/h1-14H/t20-,21+/m0/s1. The summed E-state index contributed by atoms with van der Waals surface area (Å²) in [7, 11) is 0. The minimum atomic E-state index is -0.917. The van der Waals surface area contributed by atoms with Crippen molar-refractivity contribution < 1.29 is 9.53 Å². The zero-order chi connectivity index (χ0) is 15.5. The number of ether oxygens (including phenoxy) is 1. The molecule has 1 fully saturated rings. The van der Waals surface area contributed by atoms with Crippen LogP contribution in [-0.2, 0) is 15.9 Å². The van der Waals surface area contributed by atoms with E-state index in [2.05, 4.69) is 0 Å². The summed E-state index contributed by atoms with van der Waals surface area (Å²) in [6, 6.07) is 27.7. The Morgan fingerprint density at radius 3 is 1.78 bits per heavy atom. The molecule has 0 aromatic heterocycles. The lowest BCUT2D eigenvalue weighted by Crippen LogP contribution is -2.24. The minimum Gasteiger partial charge on any atom is -0.338 e. The maximum atomic E-state index is 13.2. The predicted molar refractivity (Wildman–Crippen MR) is 87.2 cm³/mol. The van der Waals surface area contributed by atoms with Crippen LogP contribution in [0.1, 0.15) is 27.0 Å². The maximum absolute atomic E-state index is 13.2. The Bertz CT molecular complexity index is 917. The number of benzene rings is 3. The normalized spacial score (nSPS) is 27.4. The van der Waals surface area contributed by atoms with Crippen molar-refractivity contribution in [2.75, 3.05) is 0 Å². The average Bonchev–Trinajstić information content (AvgIpc) is 3.30. The molecule has 2 atom stereocenters. The highest BCUT2D eigenvalue weighted by atomic mass is 16.6. The molecule has 1 aliphatic heterocycles. The van der Waals surface area contributed by atoms with Crippen LogP contribution in [-0.4, -0.2) is 5.78 Å². The fraction of sp³-hybridized carbons (Fsp3) is 0.0952. The number of epoxide rings is 1. The van der Waals surface area contributed by atoms with E-state index in [1.807, 2.05) is 84.9 Å². The Labute approximate surface area is 134 Å².